The molecule has 1 aromatic carbocycles. The fraction of sp³-hybridized carbons (Fsp3) is 0.250. The van der Waals surface area contributed by atoms with Crippen LogP contribution in [0.2, 0.25) is 0 Å². The molecule has 2 heterocycles. The van der Waals surface area contributed by atoms with Gasteiger partial charge in [0.1, 0.15) is 11.6 Å². The van der Waals surface area contributed by atoms with Crippen LogP contribution >= 0.6 is 0 Å². The van der Waals surface area contributed by atoms with E-state index in [-0.39, 0.29) is 17.7 Å². The van der Waals surface area contributed by atoms with Crippen LogP contribution in [0.25, 0.3) is 11.1 Å². The molecule has 3 rings (SSSR count). The highest BCUT2D eigenvalue weighted by Crippen LogP contribution is 2.34. The Balaban J connectivity index is 2.17. The first kappa shape index (κ1) is 13.7. The smallest absolute Gasteiger partial charge is 0.133 e. The van der Waals surface area contributed by atoms with E-state index in [0.717, 1.165) is 19.1 Å². The summed E-state index contributed by atoms with van der Waals surface area (Å²) in [6.07, 6.45) is 2.88. The topological polar surface area (TPSA) is 72.0 Å². The highest BCUT2D eigenvalue weighted by molar-refractivity contribution is 5.94. The largest absolute Gasteiger partial charge is 0.383 e. The van der Waals surface area contributed by atoms with Crippen molar-refractivity contribution in [2.45, 2.75) is 18.9 Å². The molecule has 1 aliphatic heterocycles. The van der Waals surface area contributed by atoms with Gasteiger partial charge < -0.3 is 15.9 Å². The lowest BCUT2D eigenvalue weighted by Gasteiger charge is -2.15. The van der Waals surface area contributed by atoms with E-state index in [9.17, 15) is 4.39 Å². The summed E-state index contributed by atoms with van der Waals surface area (Å²) < 4.78 is 19.7. The lowest BCUT2D eigenvalue weighted by Crippen LogP contribution is -2.07. The summed E-state index contributed by atoms with van der Waals surface area (Å²) in [6.45, 7) is 0.702. The zero-order valence-corrected chi connectivity index (χ0v) is 11.5. The molecule has 3 N–H and O–H groups in total. The Bertz CT molecular complexity index is 681. The van der Waals surface area contributed by atoms with Gasteiger partial charge in [-0.05, 0) is 30.5 Å². The normalized spacial score (nSPS) is 17.9. The molecule has 1 aromatic heterocycles. The van der Waals surface area contributed by atoms with E-state index in [1.165, 1.54) is 6.07 Å². The van der Waals surface area contributed by atoms with Gasteiger partial charge in [0.2, 0.25) is 0 Å². The second-order valence-electron chi connectivity index (χ2n) is 5.02. The summed E-state index contributed by atoms with van der Waals surface area (Å²) in [5.74, 6) is -0.110. The first-order chi connectivity index (χ1) is 10.2. The van der Waals surface area contributed by atoms with Gasteiger partial charge in [0.05, 0.1) is 11.8 Å². The number of nitrogens with two attached hydrogens (primary N) is 1. The minimum Gasteiger partial charge on any atom is -0.383 e. The molecule has 0 bridgehead atoms. The molecule has 0 aliphatic carbocycles. The Morgan fingerprint density at radius 2 is 2.14 bits per heavy atom. The number of pyridine rings is 1. The zero-order valence-electron chi connectivity index (χ0n) is 11.5. The third-order valence-corrected chi connectivity index (χ3v) is 3.68. The molecule has 0 radical (unpaired) electrons. The molecular formula is C16H16FN3O. The van der Waals surface area contributed by atoms with Crippen molar-refractivity contribution in [2.24, 2.45) is 0 Å². The van der Waals surface area contributed by atoms with E-state index < -0.39 is 0 Å². The molecule has 108 valence electrons. The molecular weight excluding hydrogens is 269 g/mol. The third-order valence-electron chi connectivity index (χ3n) is 3.68. The Labute approximate surface area is 122 Å². The fourth-order valence-electron chi connectivity index (χ4n) is 2.63. The van der Waals surface area contributed by atoms with Gasteiger partial charge in [0.15, 0.2) is 0 Å². The van der Waals surface area contributed by atoms with E-state index >= 15 is 0 Å². The van der Waals surface area contributed by atoms with Crippen LogP contribution in [0.3, 0.4) is 0 Å². The van der Waals surface area contributed by atoms with Crippen LogP contribution in [0.5, 0.6) is 0 Å². The van der Waals surface area contributed by atoms with Crippen molar-refractivity contribution in [1.82, 2.24) is 4.98 Å². The Hall–Kier alpha value is -2.27. The maximum atomic E-state index is 14.1. The number of hydrogen-bond acceptors (Lipinski definition) is 4. The van der Waals surface area contributed by atoms with Gasteiger partial charge in [-0.2, -0.15) is 0 Å². The van der Waals surface area contributed by atoms with Gasteiger partial charge in [0.25, 0.3) is 0 Å². The molecule has 1 saturated heterocycles. The maximum absolute atomic E-state index is 14.1. The number of hydrogen-bond donors (Lipinski definition) is 2. The fourth-order valence-corrected chi connectivity index (χ4v) is 2.63. The number of aromatic nitrogens is 1. The van der Waals surface area contributed by atoms with Crippen LogP contribution in [0, 0.1) is 11.2 Å². The van der Waals surface area contributed by atoms with Crippen molar-refractivity contribution < 1.29 is 9.13 Å². The van der Waals surface area contributed by atoms with Crippen LogP contribution in [-0.4, -0.2) is 17.8 Å². The summed E-state index contributed by atoms with van der Waals surface area (Å²) >= 11 is 0. The summed E-state index contributed by atoms with van der Waals surface area (Å²) in [6, 6.07) is 8.25. The minimum atomic E-state index is -0.343. The van der Waals surface area contributed by atoms with Crippen LogP contribution < -0.4 is 5.73 Å². The van der Waals surface area contributed by atoms with Crippen LogP contribution in [-0.2, 0) is 4.74 Å². The highest BCUT2D eigenvalue weighted by Gasteiger charge is 2.22. The Kier molecular flexibility index (Phi) is 3.66. The average molecular weight is 285 g/mol. The number of ether oxygens (including phenoxy) is 1. The van der Waals surface area contributed by atoms with Crippen LogP contribution in [0.1, 0.15) is 30.2 Å². The second kappa shape index (κ2) is 5.61. The molecule has 1 aliphatic rings. The third kappa shape index (κ3) is 2.52. The molecule has 1 atom stereocenters. The number of nitrogens with one attached hydrogen (secondary N) is 1. The molecule has 1 unspecified atom stereocenters. The number of halogens is 1. The molecule has 1 fully saturated rings. The summed E-state index contributed by atoms with van der Waals surface area (Å²) in [7, 11) is 0. The van der Waals surface area contributed by atoms with Crippen molar-refractivity contribution >= 4 is 12.0 Å². The van der Waals surface area contributed by atoms with Gasteiger partial charge in [-0.15, -0.1) is 0 Å². The SMILES string of the molecule is N=Cc1c(-c2ccccc2F)cc(C2CCCO2)nc1N. The van der Waals surface area contributed by atoms with Crippen molar-refractivity contribution in [3.8, 4) is 11.1 Å². The molecule has 21 heavy (non-hydrogen) atoms. The number of nitrogens with zero attached hydrogens (tertiary/aromatic N) is 1. The molecule has 5 heteroatoms. The molecule has 0 saturated carbocycles. The maximum Gasteiger partial charge on any atom is 0.133 e. The number of anilines is 1. The first-order valence-corrected chi connectivity index (χ1v) is 6.88. The lowest BCUT2D eigenvalue weighted by atomic mass is 9.98. The van der Waals surface area contributed by atoms with Gasteiger partial charge in [0, 0.05) is 23.9 Å². The predicted molar refractivity (Wildman–Crippen MR) is 79.9 cm³/mol. The van der Waals surface area contributed by atoms with E-state index in [0.29, 0.717) is 29.0 Å². The van der Waals surface area contributed by atoms with Gasteiger partial charge in [-0.1, -0.05) is 18.2 Å². The van der Waals surface area contributed by atoms with E-state index in [1.54, 1.807) is 24.3 Å². The summed E-state index contributed by atoms with van der Waals surface area (Å²) in [5.41, 5.74) is 8.09. The minimum absolute atomic E-state index is 0.0994. The number of benzene rings is 1. The van der Waals surface area contributed by atoms with Crippen molar-refractivity contribution in [3.05, 3.63) is 47.4 Å². The van der Waals surface area contributed by atoms with E-state index in [1.807, 2.05) is 0 Å². The van der Waals surface area contributed by atoms with Crippen LogP contribution in [0.4, 0.5) is 10.2 Å². The second-order valence-corrected chi connectivity index (χ2v) is 5.02. The standard InChI is InChI=1S/C16H16FN3O/c17-13-5-2-1-4-10(13)11-8-14(15-6-3-7-21-15)20-16(19)12(11)9-18/h1-2,4-5,8-9,15,18H,3,6-7H2,(H2,19,20). The average Bonchev–Trinajstić information content (AvgIpc) is 3.01. The first-order valence-electron chi connectivity index (χ1n) is 6.88. The zero-order chi connectivity index (χ0) is 14.8. The van der Waals surface area contributed by atoms with Gasteiger partial charge in [-0.3, -0.25) is 0 Å². The molecule has 4 nitrogen and oxygen atoms in total. The molecule has 0 amide bonds. The quantitative estimate of drug-likeness (QED) is 0.850. The molecule has 2 aromatic rings. The van der Waals surface area contributed by atoms with Crippen molar-refractivity contribution in [2.75, 3.05) is 12.3 Å². The van der Waals surface area contributed by atoms with Crippen molar-refractivity contribution in [1.29, 1.82) is 5.41 Å². The predicted octanol–water partition coefficient (Wildman–Crippen LogP) is 3.32. The van der Waals surface area contributed by atoms with E-state index in [2.05, 4.69) is 4.98 Å². The number of nitrogen functional groups attached to an aromatic ring is 1. The van der Waals surface area contributed by atoms with Gasteiger partial charge >= 0.3 is 0 Å². The monoisotopic (exact) mass is 285 g/mol. The Morgan fingerprint density at radius 3 is 2.81 bits per heavy atom. The van der Waals surface area contributed by atoms with Crippen LogP contribution in [0.15, 0.2) is 30.3 Å². The highest BCUT2D eigenvalue weighted by atomic mass is 19.1. The number of rotatable bonds is 3. The van der Waals surface area contributed by atoms with Crippen molar-refractivity contribution in [3.63, 3.8) is 0 Å². The lowest BCUT2D eigenvalue weighted by molar-refractivity contribution is 0.109. The Morgan fingerprint density at radius 1 is 1.33 bits per heavy atom. The summed E-state index contributed by atoms with van der Waals surface area (Å²) in [5, 5.41) is 7.53. The van der Waals surface area contributed by atoms with E-state index in [4.69, 9.17) is 15.9 Å². The summed E-state index contributed by atoms with van der Waals surface area (Å²) in [4.78, 5) is 4.32. The molecule has 0 spiro atoms. The van der Waals surface area contributed by atoms with Gasteiger partial charge in [-0.25, -0.2) is 9.37 Å².